The van der Waals surface area contributed by atoms with Crippen LogP contribution in [0.4, 0.5) is 5.82 Å². The van der Waals surface area contributed by atoms with Crippen molar-refractivity contribution in [2.75, 3.05) is 17.2 Å². The fraction of sp³-hybridized carbons (Fsp3) is 0.444. The zero-order valence-corrected chi connectivity index (χ0v) is 11.4. The van der Waals surface area contributed by atoms with Crippen LogP contribution in [0.25, 0.3) is 0 Å². The minimum Gasteiger partial charge on any atom is -0.295 e. The van der Waals surface area contributed by atoms with Crippen LogP contribution in [0.15, 0.2) is 12.4 Å². The molecule has 2 rings (SSSR count). The van der Waals surface area contributed by atoms with Crippen molar-refractivity contribution in [3.05, 3.63) is 17.5 Å². The summed E-state index contributed by atoms with van der Waals surface area (Å²) in [6.07, 6.45) is 2.84. The van der Waals surface area contributed by atoms with Gasteiger partial charge in [-0.15, -0.1) is 0 Å². The number of carbonyl (C=O) groups excluding carboxylic acids is 1. The van der Waals surface area contributed by atoms with Crippen LogP contribution in [-0.2, 0) is 13.8 Å². The fourth-order valence-electron chi connectivity index (χ4n) is 1.84. The van der Waals surface area contributed by atoms with Gasteiger partial charge in [-0.2, -0.15) is 0 Å². The monoisotopic (exact) mass is 309 g/mol. The van der Waals surface area contributed by atoms with Gasteiger partial charge in [0.15, 0.2) is 5.82 Å². The number of aromatic nitrogens is 2. The summed E-state index contributed by atoms with van der Waals surface area (Å²) in [5.74, 6) is -0.383. The fourth-order valence-corrected chi connectivity index (χ4v) is 3.26. The van der Waals surface area contributed by atoms with Crippen LogP contribution in [0, 0.1) is 5.92 Å². The molecule has 0 bridgehead atoms. The second-order valence-corrected chi connectivity index (χ2v) is 7.19. The molecule has 0 radical (unpaired) electrons. The van der Waals surface area contributed by atoms with Crippen LogP contribution in [0.3, 0.4) is 0 Å². The van der Waals surface area contributed by atoms with Crippen molar-refractivity contribution in [1.29, 1.82) is 0 Å². The zero-order chi connectivity index (χ0) is 13.3. The van der Waals surface area contributed by atoms with Crippen molar-refractivity contribution < 1.29 is 13.2 Å². The molecule has 1 atom stereocenters. The lowest BCUT2D eigenvalue weighted by molar-refractivity contribution is -0.117. The maximum Gasteiger partial charge on any atom is 0.232 e. The minimum absolute atomic E-state index is 0.135. The van der Waals surface area contributed by atoms with E-state index >= 15 is 0 Å². The second kappa shape index (κ2) is 4.99. The van der Waals surface area contributed by atoms with Crippen molar-refractivity contribution in [3.8, 4) is 0 Å². The Hall–Kier alpha value is -0.920. The Morgan fingerprint density at radius 1 is 1.39 bits per heavy atom. The molecule has 1 aliphatic heterocycles. The number of hydrogen-bond donors (Lipinski definition) is 0. The maximum atomic E-state index is 11.7. The summed E-state index contributed by atoms with van der Waals surface area (Å²) in [6, 6.07) is 0. The molecule has 1 amide bonds. The van der Waals surface area contributed by atoms with Gasteiger partial charge in [0.2, 0.25) is 15.0 Å². The molecule has 6 nitrogen and oxygen atoms in total. The number of rotatable bonds is 3. The molecular formula is C9H9Cl2N3O3S. The third kappa shape index (κ3) is 3.30. The van der Waals surface area contributed by atoms with Gasteiger partial charge in [-0.25, -0.2) is 18.4 Å². The van der Waals surface area contributed by atoms with Gasteiger partial charge in [-0.3, -0.25) is 9.69 Å². The number of halogens is 2. The first-order chi connectivity index (χ1) is 8.35. The molecule has 0 aromatic carbocycles. The first-order valence-electron chi connectivity index (χ1n) is 5.05. The summed E-state index contributed by atoms with van der Waals surface area (Å²) in [7, 11) is 1.57. The van der Waals surface area contributed by atoms with E-state index in [-0.39, 0.29) is 35.7 Å². The van der Waals surface area contributed by atoms with Gasteiger partial charge in [0.1, 0.15) is 5.15 Å². The molecule has 1 aromatic rings. The maximum absolute atomic E-state index is 11.7. The Balaban J connectivity index is 2.12. The SMILES string of the molecule is O=C1CC(CS(=O)(=O)Cl)CN1c1cnc(Cl)cn1. The van der Waals surface area contributed by atoms with Crippen molar-refractivity contribution in [1.82, 2.24) is 9.97 Å². The molecule has 9 heteroatoms. The number of carbonyl (C=O) groups is 1. The van der Waals surface area contributed by atoms with Crippen LogP contribution in [0.2, 0.25) is 5.15 Å². The largest absolute Gasteiger partial charge is 0.295 e. The van der Waals surface area contributed by atoms with Crippen LogP contribution in [0.1, 0.15) is 6.42 Å². The Morgan fingerprint density at radius 3 is 2.67 bits per heavy atom. The third-order valence-corrected chi connectivity index (χ3v) is 3.97. The second-order valence-electron chi connectivity index (χ2n) is 3.98. The highest BCUT2D eigenvalue weighted by molar-refractivity contribution is 8.13. The highest BCUT2D eigenvalue weighted by Crippen LogP contribution is 2.25. The van der Waals surface area contributed by atoms with Crippen molar-refractivity contribution >= 4 is 43.1 Å². The summed E-state index contributed by atoms with van der Waals surface area (Å²) < 4.78 is 21.9. The van der Waals surface area contributed by atoms with Crippen LogP contribution >= 0.6 is 22.3 Å². The summed E-state index contributed by atoms with van der Waals surface area (Å²) >= 11 is 5.60. The molecule has 0 spiro atoms. The molecule has 1 aromatic heterocycles. The van der Waals surface area contributed by atoms with E-state index in [0.717, 1.165) is 0 Å². The third-order valence-electron chi connectivity index (χ3n) is 2.52. The lowest BCUT2D eigenvalue weighted by atomic mass is 10.1. The van der Waals surface area contributed by atoms with E-state index in [1.165, 1.54) is 17.3 Å². The molecule has 1 fully saturated rings. The number of nitrogens with zero attached hydrogens (tertiary/aromatic N) is 3. The number of hydrogen-bond acceptors (Lipinski definition) is 5. The van der Waals surface area contributed by atoms with Gasteiger partial charge in [-0.1, -0.05) is 11.6 Å². The van der Waals surface area contributed by atoms with Crippen LogP contribution in [-0.4, -0.2) is 36.6 Å². The Labute approximate surface area is 113 Å². The van der Waals surface area contributed by atoms with Gasteiger partial charge >= 0.3 is 0 Å². The van der Waals surface area contributed by atoms with E-state index in [4.69, 9.17) is 22.3 Å². The molecule has 0 aliphatic carbocycles. The highest BCUT2D eigenvalue weighted by atomic mass is 35.7. The molecule has 1 unspecified atom stereocenters. The van der Waals surface area contributed by atoms with E-state index in [9.17, 15) is 13.2 Å². The minimum atomic E-state index is -3.61. The Morgan fingerprint density at radius 2 is 2.11 bits per heavy atom. The highest BCUT2D eigenvalue weighted by Gasteiger charge is 2.33. The molecule has 98 valence electrons. The average Bonchev–Trinajstić information content (AvgIpc) is 2.58. The molecule has 0 N–H and O–H groups in total. The molecule has 2 heterocycles. The van der Waals surface area contributed by atoms with Crippen molar-refractivity contribution in [2.24, 2.45) is 5.92 Å². The molecule has 0 saturated carbocycles. The molecule has 18 heavy (non-hydrogen) atoms. The van der Waals surface area contributed by atoms with Crippen molar-refractivity contribution in [3.63, 3.8) is 0 Å². The van der Waals surface area contributed by atoms with Gasteiger partial charge in [0.25, 0.3) is 0 Å². The summed E-state index contributed by atoms with van der Waals surface area (Å²) in [4.78, 5) is 20.9. The van der Waals surface area contributed by atoms with E-state index in [1.54, 1.807) is 0 Å². The Bertz CT molecular complexity index is 561. The molecular weight excluding hydrogens is 301 g/mol. The van der Waals surface area contributed by atoms with E-state index in [0.29, 0.717) is 5.82 Å². The normalized spacial score (nSPS) is 20.4. The van der Waals surface area contributed by atoms with E-state index < -0.39 is 9.05 Å². The quantitative estimate of drug-likeness (QED) is 0.780. The first kappa shape index (κ1) is 13.5. The van der Waals surface area contributed by atoms with E-state index in [1.807, 2.05) is 0 Å². The van der Waals surface area contributed by atoms with Crippen LogP contribution in [0.5, 0.6) is 0 Å². The van der Waals surface area contributed by atoms with Crippen molar-refractivity contribution in [2.45, 2.75) is 6.42 Å². The molecule has 1 aliphatic rings. The van der Waals surface area contributed by atoms with Gasteiger partial charge in [0, 0.05) is 29.6 Å². The number of amides is 1. The molecule has 1 saturated heterocycles. The summed E-state index contributed by atoms with van der Waals surface area (Å²) in [5.41, 5.74) is 0. The Kier molecular flexibility index (Phi) is 3.74. The standard InChI is InChI=1S/C9H9Cl2N3O3S/c10-7-2-13-8(3-12-7)14-4-6(1-9(14)15)5-18(11,16)17/h2-3,6H,1,4-5H2. The predicted octanol–water partition coefficient (Wildman–Crippen LogP) is 1.05. The smallest absolute Gasteiger partial charge is 0.232 e. The lowest BCUT2D eigenvalue weighted by Crippen LogP contribution is -2.26. The first-order valence-corrected chi connectivity index (χ1v) is 7.91. The summed E-state index contributed by atoms with van der Waals surface area (Å²) in [6.45, 7) is 0.265. The lowest BCUT2D eigenvalue weighted by Gasteiger charge is -2.14. The van der Waals surface area contributed by atoms with Gasteiger partial charge in [0.05, 0.1) is 18.1 Å². The number of anilines is 1. The van der Waals surface area contributed by atoms with Crippen LogP contribution < -0.4 is 4.90 Å². The van der Waals surface area contributed by atoms with Gasteiger partial charge < -0.3 is 0 Å². The topological polar surface area (TPSA) is 80.2 Å². The zero-order valence-electron chi connectivity index (χ0n) is 9.08. The summed E-state index contributed by atoms with van der Waals surface area (Å²) in [5, 5.41) is 0.227. The predicted molar refractivity (Wildman–Crippen MR) is 67.1 cm³/mol. The average molecular weight is 310 g/mol. The van der Waals surface area contributed by atoms with Gasteiger partial charge in [-0.05, 0) is 0 Å². The van der Waals surface area contributed by atoms with E-state index in [2.05, 4.69) is 9.97 Å².